The highest BCUT2D eigenvalue weighted by molar-refractivity contribution is 5.26. The van der Waals surface area contributed by atoms with E-state index in [9.17, 15) is 17.6 Å². The molecule has 1 atom stereocenters. The van der Waals surface area contributed by atoms with Crippen molar-refractivity contribution in [2.24, 2.45) is 5.73 Å². The fourth-order valence-corrected chi connectivity index (χ4v) is 1.59. The Kier molecular flexibility index (Phi) is 4.51. The molecule has 1 aromatic rings. The molecular weight excluding hydrogens is 234 g/mol. The Morgan fingerprint density at radius 1 is 1.29 bits per heavy atom. The highest BCUT2D eigenvalue weighted by Crippen LogP contribution is 2.25. The number of nitrogens with two attached hydrogens (primary N) is 1. The van der Waals surface area contributed by atoms with Crippen LogP contribution in [-0.4, -0.2) is 6.18 Å². The zero-order valence-electron chi connectivity index (χ0n) is 9.52. The minimum Gasteiger partial charge on any atom is -0.324 e. The van der Waals surface area contributed by atoms with E-state index in [-0.39, 0.29) is 18.7 Å². The van der Waals surface area contributed by atoms with Gasteiger partial charge < -0.3 is 5.73 Å². The zero-order valence-corrected chi connectivity index (χ0v) is 9.52. The molecule has 0 radical (unpaired) electrons. The fourth-order valence-electron chi connectivity index (χ4n) is 1.59. The van der Waals surface area contributed by atoms with E-state index in [0.29, 0.717) is 11.1 Å². The minimum absolute atomic E-state index is 0.0128. The summed E-state index contributed by atoms with van der Waals surface area (Å²) in [5, 5.41) is 0. The third-order valence-electron chi connectivity index (χ3n) is 2.59. The summed E-state index contributed by atoms with van der Waals surface area (Å²) in [7, 11) is 0. The molecule has 0 bridgehead atoms. The maximum Gasteiger partial charge on any atom is 0.389 e. The average Bonchev–Trinajstić information content (AvgIpc) is 2.20. The maximum absolute atomic E-state index is 13.0. The summed E-state index contributed by atoms with van der Waals surface area (Å²) in [5.74, 6) is -0.337. The topological polar surface area (TPSA) is 26.0 Å². The van der Waals surface area contributed by atoms with Gasteiger partial charge in [0.2, 0.25) is 0 Å². The summed E-state index contributed by atoms with van der Waals surface area (Å²) >= 11 is 0. The van der Waals surface area contributed by atoms with Crippen LogP contribution in [0.2, 0.25) is 0 Å². The van der Waals surface area contributed by atoms with Gasteiger partial charge in [0.25, 0.3) is 0 Å². The van der Waals surface area contributed by atoms with Gasteiger partial charge in [-0.3, -0.25) is 0 Å². The van der Waals surface area contributed by atoms with Crippen LogP contribution in [0.3, 0.4) is 0 Å². The summed E-state index contributed by atoms with van der Waals surface area (Å²) < 4.78 is 48.8. The van der Waals surface area contributed by atoms with E-state index in [4.69, 9.17) is 5.73 Å². The van der Waals surface area contributed by atoms with Gasteiger partial charge in [-0.1, -0.05) is 12.1 Å². The van der Waals surface area contributed by atoms with E-state index >= 15 is 0 Å². The third-order valence-corrected chi connectivity index (χ3v) is 2.59. The lowest BCUT2D eigenvalue weighted by Gasteiger charge is -2.13. The van der Waals surface area contributed by atoms with Crippen LogP contribution in [0.25, 0.3) is 0 Å². The van der Waals surface area contributed by atoms with E-state index in [1.54, 1.807) is 13.0 Å². The third kappa shape index (κ3) is 4.73. The molecule has 1 unspecified atom stereocenters. The monoisotopic (exact) mass is 249 g/mol. The van der Waals surface area contributed by atoms with E-state index < -0.39 is 18.6 Å². The van der Waals surface area contributed by atoms with Crippen molar-refractivity contribution in [2.45, 2.75) is 38.4 Å². The second-order valence-corrected chi connectivity index (χ2v) is 4.12. The molecule has 0 aliphatic heterocycles. The lowest BCUT2D eigenvalue weighted by atomic mass is 10.00. The molecule has 0 heterocycles. The van der Waals surface area contributed by atoms with Crippen LogP contribution in [0, 0.1) is 12.7 Å². The van der Waals surface area contributed by atoms with E-state index in [2.05, 4.69) is 0 Å². The van der Waals surface area contributed by atoms with Gasteiger partial charge >= 0.3 is 6.18 Å². The van der Waals surface area contributed by atoms with Crippen LogP contribution in [-0.2, 0) is 0 Å². The van der Waals surface area contributed by atoms with Crippen molar-refractivity contribution in [2.75, 3.05) is 0 Å². The van der Waals surface area contributed by atoms with Gasteiger partial charge in [0, 0.05) is 12.5 Å². The first-order valence-corrected chi connectivity index (χ1v) is 5.38. The molecule has 0 aliphatic carbocycles. The number of halogens is 4. The van der Waals surface area contributed by atoms with Crippen LogP contribution in [0.15, 0.2) is 18.2 Å². The van der Waals surface area contributed by atoms with Gasteiger partial charge in [0.15, 0.2) is 0 Å². The highest BCUT2D eigenvalue weighted by Gasteiger charge is 2.26. The molecule has 1 nitrogen and oxygen atoms in total. The first-order chi connectivity index (χ1) is 7.79. The number of aryl methyl sites for hydroxylation is 1. The Morgan fingerprint density at radius 3 is 2.47 bits per heavy atom. The van der Waals surface area contributed by atoms with E-state index in [0.717, 1.165) is 0 Å². The van der Waals surface area contributed by atoms with Gasteiger partial charge in [-0.05, 0) is 37.0 Å². The van der Waals surface area contributed by atoms with Gasteiger partial charge in [0.1, 0.15) is 5.82 Å². The largest absolute Gasteiger partial charge is 0.389 e. The first-order valence-electron chi connectivity index (χ1n) is 5.38. The van der Waals surface area contributed by atoms with E-state index in [1.165, 1.54) is 12.1 Å². The van der Waals surface area contributed by atoms with Gasteiger partial charge in [-0.25, -0.2) is 4.39 Å². The van der Waals surface area contributed by atoms with Crippen molar-refractivity contribution in [1.29, 1.82) is 0 Å². The molecule has 0 amide bonds. The van der Waals surface area contributed by atoms with E-state index in [1.807, 2.05) is 0 Å². The normalized spacial score (nSPS) is 13.8. The fraction of sp³-hybridized carbons (Fsp3) is 0.500. The second kappa shape index (κ2) is 5.49. The minimum atomic E-state index is -4.14. The van der Waals surface area contributed by atoms with Crippen molar-refractivity contribution in [3.05, 3.63) is 35.1 Å². The van der Waals surface area contributed by atoms with Crippen LogP contribution >= 0.6 is 0 Å². The van der Waals surface area contributed by atoms with Gasteiger partial charge in [0.05, 0.1) is 0 Å². The Balaban J connectivity index is 2.52. The van der Waals surface area contributed by atoms with Crippen molar-refractivity contribution in [1.82, 2.24) is 0 Å². The molecule has 0 saturated carbocycles. The van der Waals surface area contributed by atoms with Crippen molar-refractivity contribution in [3.8, 4) is 0 Å². The van der Waals surface area contributed by atoms with Gasteiger partial charge in [-0.15, -0.1) is 0 Å². The molecular formula is C12H15F4N. The zero-order chi connectivity index (χ0) is 13.1. The Morgan fingerprint density at radius 2 is 1.94 bits per heavy atom. The Hall–Kier alpha value is -1.10. The predicted molar refractivity (Wildman–Crippen MR) is 58.0 cm³/mol. The van der Waals surface area contributed by atoms with Crippen molar-refractivity contribution in [3.63, 3.8) is 0 Å². The smallest absolute Gasteiger partial charge is 0.324 e. The van der Waals surface area contributed by atoms with Crippen LogP contribution in [0.1, 0.15) is 36.4 Å². The van der Waals surface area contributed by atoms with Crippen LogP contribution in [0.5, 0.6) is 0 Å². The molecule has 1 rings (SSSR count). The van der Waals surface area contributed by atoms with Gasteiger partial charge in [-0.2, -0.15) is 13.2 Å². The number of rotatable bonds is 4. The molecule has 2 N–H and O–H groups in total. The molecule has 0 aromatic heterocycles. The van der Waals surface area contributed by atoms with Crippen molar-refractivity contribution >= 4 is 0 Å². The number of hydrogen-bond acceptors (Lipinski definition) is 1. The first kappa shape index (κ1) is 14.0. The molecule has 96 valence electrons. The molecule has 0 aliphatic rings. The SMILES string of the molecule is Cc1cc(C(N)CCCC(F)(F)F)ccc1F. The Labute approximate surface area is 97.6 Å². The summed E-state index contributed by atoms with van der Waals surface area (Å²) in [6, 6.07) is 3.90. The summed E-state index contributed by atoms with van der Waals surface area (Å²) in [6.07, 6.45) is -4.75. The molecule has 1 aromatic carbocycles. The summed E-state index contributed by atoms with van der Waals surface area (Å²) in [4.78, 5) is 0. The van der Waals surface area contributed by atoms with Crippen LogP contribution < -0.4 is 5.73 Å². The second-order valence-electron chi connectivity index (χ2n) is 4.12. The summed E-state index contributed by atoms with van der Waals surface area (Å²) in [6.45, 7) is 1.60. The lowest BCUT2D eigenvalue weighted by molar-refractivity contribution is -0.135. The van der Waals surface area contributed by atoms with Crippen LogP contribution in [0.4, 0.5) is 17.6 Å². The standard InChI is InChI=1S/C12H15F4N/c1-8-7-9(4-5-10(8)13)11(17)3-2-6-12(14,15)16/h4-5,7,11H,2-3,6,17H2,1H3. The average molecular weight is 249 g/mol. The lowest BCUT2D eigenvalue weighted by Crippen LogP contribution is -2.13. The predicted octanol–water partition coefficient (Wildman–Crippen LogP) is 3.87. The molecule has 0 saturated heterocycles. The summed E-state index contributed by atoms with van der Waals surface area (Å²) in [5.41, 5.74) is 6.88. The number of benzene rings is 1. The Bertz CT molecular complexity index is 373. The maximum atomic E-state index is 13.0. The molecule has 5 heteroatoms. The highest BCUT2D eigenvalue weighted by atomic mass is 19.4. The molecule has 17 heavy (non-hydrogen) atoms. The number of alkyl halides is 3. The molecule has 0 spiro atoms. The van der Waals surface area contributed by atoms with Crippen molar-refractivity contribution < 1.29 is 17.6 Å². The quantitative estimate of drug-likeness (QED) is 0.805. The molecule has 0 fully saturated rings. The number of hydrogen-bond donors (Lipinski definition) is 1.